The average molecular weight is 288 g/mol. The smallest absolute Gasteiger partial charge is 0.0639 e. The Labute approximate surface area is 130 Å². The highest BCUT2D eigenvalue weighted by molar-refractivity contribution is 5.22. The van der Waals surface area contributed by atoms with Crippen molar-refractivity contribution in [2.24, 2.45) is 23.7 Å². The number of benzene rings is 1. The molecular weight excluding hydrogens is 256 g/mol. The topological polar surface area (TPSA) is 20.2 Å². The van der Waals surface area contributed by atoms with Crippen LogP contribution in [0.2, 0.25) is 0 Å². The molecule has 1 aliphatic rings. The summed E-state index contributed by atoms with van der Waals surface area (Å²) >= 11 is 0. The van der Waals surface area contributed by atoms with E-state index in [9.17, 15) is 5.11 Å². The summed E-state index contributed by atoms with van der Waals surface area (Å²) in [7, 11) is 0. The normalized spacial score (nSPS) is 30.6. The lowest BCUT2D eigenvalue weighted by atomic mass is 9.68. The number of rotatable bonds is 5. The van der Waals surface area contributed by atoms with Crippen LogP contribution in [0.1, 0.15) is 64.9 Å². The SMILES string of the molecule is CCC(C)C(c1ccccc1)C(O)C1CC(C)CC(C)C1. The molecule has 0 bridgehead atoms. The molecule has 0 aliphatic heterocycles. The van der Waals surface area contributed by atoms with Crippen LogP contribution >= 0.6 is 0 Å². The molecule has 0 saturated heterocycles. The van der Waals surface area contributed by atoms with E-state index in [0.717, 1.165) is 18.3 Å². The second kappa shape index (κ2) is 7.45. The first-order chi connectivity index (χ1) is 10.0. The van der Waals surface area contributed by atoms with Crippen molar-refractivity contribution in [3.05, 3.63) is 35.9 Å². The lowest BCUT2D eigenvalue weighted by molar-refractivity contribution is 0.0217. The van der Waals surface area contributed by atoms with Crippen LogP contribution in [0.5, 0.6) is 0 Å². The molecule has 1 fully saturated rings. The molecule has 1 nitrogen and oxygen atoms in total. The molecule has 0 spiro atoms. The summed E-state index contributed by atoms with van der Waals surface area (Å²) in [5.41, 5.74) is 1.31. The first kappa shape index (κ1) is 16.5. The fourth-order valence-electron chi connectivity index (χ4n) is 4.37. The van der Waals surface area contributed by atoms with Gasteiger partial charge in [-0.05, 0) is 48.5 Å². The summed E-state index contributed by atoms with van der Waals surface area (Å²) in [4.78, 5) is 0. The molecule has 0 heterocycles. The monoisotopic (exact) mass is 288 g/mol. The Morgan fingerprint density at radius 1 is 1.05 bits per heavy atom. The van der Waals surface area contributed by atoms with E-state index in [1.807, 2.05) is 0 Å². The molecule has 2 rings (SSSR count). The van der Waals surface area contributed by atoms with Crippen molar-refractivity contribution in [2.75, 3.05) is 0 Å². The van der Waals surface area contributed by atoms with Crippen LogP contribution in [0.15, 0.2) is 30.3 Å². The summed E-state index contributed by atoms with van der Waals surface area (Å²) in [6.45, 7) is 9.21. The first-order valence-corrected chi connectivity index (χ1v) is 8.75. The highest BCUT2D eigenvalue weighted by Gasteiger charge is 2.35. The minimum Gasteiger partial charge on any atom is -0.392 e. The zero-order valence-corrected chi connectivity index (χ0v) is 14.1. The molecule has 21 heavy (non-hydrogen) atoms. The third-order valence-electron chi connectivity index (χ3n) is 5.51. The van der Waals surface area contributed by atoms with Gasteiger partial charge < -0.3 is 5.11 Å². The van der Waals surface area contributed by atoms with Gasteiger partial charge in [-0.15, -0.1) is 0 Å². The summed E-state index contributed by atoms with van der Waals surface area (Å²) in [6.07, 6.45) is 4.61. The van der Waals surface area contributed by atoms with Gasteiger partial charge in [-0.3, -0.25) is 0 Å². The Bertz CT molecular complexity index is 403. The van der Waals surface area contributed by atoms with E-state index in [1.54, 1.807) is 0 Å². The van der Waals surface area contributed by atoms with Crippen molar-refractivity contribution in [3.63, 3.8) is 0 Å². The maximum atomic E-state index is 11.1. The molecule has 0 radical (unpaired) electrons. The number of aliphatic hydroxyl groups excluding tert-OH is 1. The van der Waals surface area contributed by atoms with Crippen molar-refractivity contribution in [3.8, 4) is 0 Å². The standard InChI is InChI=1S/C20H32O/c1-5-16(4)19(17-9-7-6-8-10-17)20(21)18-12-14(2)11-15(3)13-18/h6-10,14-16,18-21H,5,11-13H2,1-4H3. The predicted octanol–water partition coefficient (Wildman–Crippen LogP) is 5.25. The molecule has 5 atom stereocenters. The lowest BCUT2D eigenvalue weighted by Crippen LogP contribution is -2.36. The van der Waals surface area contributed by atoms with Crippen molar-refractivity contribution >= 4 is 0 Å². The quantitative estimate of drug-likeness (QED) is 0.784. The van der Waals surface area contributed by atoms with Crippen LogP contribution in [0.3, 0.4) is 0 Å². The summed E-state index contributed by atoms with van der Waals surface area (Å²) in [6, 6.07) is 10.6. The van der Waals surface area contributed by atoms with E-state index in [2.05, 4.69) is 58.0 Å². The van der Waals surface area contributed by atoms with Crippen LogP contribution in [-0.4, -0.2) is 11.2 Å². The zero-order chi connectivity index (χ0) is 15.4. The Hall–Kier alpha value is -0.820. The zero-order valence-electron chi connectivity index (χ0n) is 14.1. The Morgan fingerprint density at radius 3 is 2.14 bits per heavy atom. The molecule has 1 heteroatoms. The van der Waals surface area contributed by atoms with Gasteiger partial charge in [0.15, 0.2) is 0 Å². The second-order valence-corrected chi connectivity index (χ2v) is 7.49. The molecule has 1 aliphatic carbocycles. The molecule has 118 valence electrons. The van der Waals surface area contributed by atoms with Gasteiger partial charge in [0.1, 0.15) is 0 Å². The van der Waals surface area contributed by atoms with Crippen molar-refractivity contribution in [1.29, 1.82) is 0 Å². The van der Waals surface area contributed by atoms with Crippen molar-refractivity contribution in [2.45, 2.75) is 65.4 Å². The van der Waals surface area contributed by atoms with Gasteiger partial charge in [0.25, 0.3) is 0 Å². The number of hydrogen-bond donors (Lipinski definition) is 1. The van der Waals surface area contributed by atoms with Gasteiger partial charge in [0.2, 0.25) is 0 Å². The predicted molar refractivity (Wildman–Crippen MR) is 90.3 cm³/mol. The van der Waals surface area contributed by atoms with E-state index in [0.29, 0.717) is 11.8 Å². The summed E-state index contributed by atoms with van der Waals surface area (Å²) < 4.78 is 0. The summed E-state index contributed by atoms with van der Waals surface area (Å²) in [5, 5.41) is 11.1. The molecular formula is C20H32O. The van der Waals surface area contributed by atoms with E-state index in [4.69, 9.17) is 0 Å². The van der Waals surface area contributed by atoms with Gasteiger partial charge in [-0.2, -0.15) is 0 Å². The second-order valence-electron chi connectivity index (χ2n) is 7.49. The minimum atomic E-state index is -0.201. The lowest BCUT2D eigenvalue weighted by Gasteiger charge is -2.39. The van der Waals surface area contributed by atoms with Gasteiger partial charge in [-0.1, -0.05) is 64.4 Å². The highest BCUT2D eigenvalue weighted by Crippen LogP contribution is 2.41. The van der Waals surface area contributed by atoms with Crippen LogP contribution in [0.25, 0.3) is 0 Å². The molecule has 0 aromatic heterocycles. The molecule has 1 saturated carbocycles. The van der Waals surface area contributed by atoms with Crippen LogP contribution in [0, 0.1) is 23.7 Å². The van der Waals surface area contributed by atoms with Gasteiger partial charge in [0, 0.05) is 5.92 Å². The van der Waals surface area contributed by atoms with Crippen LogP contribution in [0.4, 0.5) is 0 Å². The minimum absolute atomic E-state index is 0.201. The molecule has 1 N–H and O–H groups in total. The van der Waals surface area contributed by atoms with Gasteiger partial charge in [0.05, 0.1) is 6.10 Å². The fraction of sp³-hybridized carbons (Fsp3) is 0.700. The molecule has 5 unspecified atom stereocenters. The van der Waals surface area contributed by atoms with Crippen LogP contribution < -0.4 is 0 Å². The van der Waals surface area contributed by atoms with E-state index >= 15 is 0 Å². The van der Waals surface area contributed by atoms with E-state index in [-0.39, 0.29) is 12.0 Å². The maximum absolute atomic E-state index is 11.1. The van der Waals surface area contributed by atoms with Gasteiger partial charge >= 0.3 is 0 Å². The number of aliphatic hydroxyl groups is 1. The maximum Gasteiger partial charge on any atom is 0.0639 e. The molecule has 0 amide bonds. The largest absolute Gasteiger partial charge is 0.392 e. The van der Waals surface area contributed by atoms with Crippen molar-refractivity contribution < 1.29 is 5.11 Å². The molecule has 1 aromatic rings. The Morgan fingerprint density at radius 2 is 1.62 bits per heavy atom. The van der Waals surface area contributed by atoms with E-state index in [1.165, 1.54) is 24.8 Å². The van der Waals surface area contributed by atoms with Crippen molar-refractivity contribution in [1.82, 2.24) is 0 Å². The number of hydrogen-bond acceptors (Lipinski definition) is 1. The Kier molecular flexibility index (Phi) is 5.87. The molecule has 1 aromatic carbocycles. The Balaban J connectivity index is 2.20. The fourth-order valence-corrected chi connectivity index (χ4v) is 4.37. The van der Waals surface area contributed by atoms with E-state index < -0.39 is 0 Å². The third-order valence-corrected chi connectivity index (χ3v) is 5.51. The third kappa shape index (κ3) is 4.10. The average Bonchev–Trinajstić information content (AvgIpc) is 2.47. The van der Waals surface area contributed by atoms with Crippen LogP contribution in [-0.2, 0) is 0 Å². The first-order valence-electron chi connectivity index (χ1n) is 8.75. The highest BCUT2D eigenvalue weighted by atomic mass is 16.3. The summed E-state index contributed by atoms with van der Waals surface area (Å²) in [5.74, 6) is 2.76. The van der Waals surface area contributed by atoms with Gasteiger partial charge in [-0.25, -0.2) is 0 Å².